The van der Waals surface area contributed by atoms with Crippen molar-refractivity contribution in [2.24, 2.45) is 13.0 Å². The van der Waals surface area contributed by atoms with Crippen LogP contribution in [0.15, 0.2) is 66.7 Å². The van der Waals surface area contributed by atoms with Gasteiger partial charge >= 0.3 is 0 Å². The second-order valence-corrected chi connectivity index (χ2v) is 7.50. The summed E-state index contributed by atoms with van der Waals surface area (Å²) in [5.41, 5.74) is 5.90. The molecule has 2 atom stereocenters. The molecule has 0 amide bonds. The van der Waals surface area contributed by atoms with E-state index in [-0.39, 0.29) is 5.41 Å². The van der Waals surface area contributed by atoms with Crippen LogP contribution in [0.1, 0.15) is 42.5 Å². The Morgan fingerprint density at radius 2 is 1.67 bits per heavy atom. The summed E-state index contributed by atoms with van der Waals surface area (Å²) < 4.78 is 2.47. The Kier molecular flexibility index (Phi) is 2.85. The Labute approximate surface area is 143 Å². The predicted molar refractivity (Wildman–Crippen MR) is 100 cm³/mol. The Bertz CT molecular complexity index is 943. The number of nitrogens with zero attached hydrogens (tertiary/aromatic N) is 1. The standard InChI is InChI=1S/C23H23N/c1-16-14-15-23(18-12-13-18,17-8-4-3-5-9-17)22-21(16)19-10-6-7-11-20(19)24(22)2/h3-11,14-16,18H,12-13H2,1-2H3. The fourth-order valence-corrected chi connectivity index (χ4v) is 4.91. The third-order valence-electron chi connectivity index (χ3n) is 6.11. The molecule has 1 heterocycles. The van der Waals surface area contributed by atoms with E-state index >= 15 is 0 Å². The summed E-state index contributed by atoms with van der Waals surface area (Å²) in [5.74, 6) is 1.20. The number of allylic oxidation sites excluding steroid dienone is 2. The molecule has 1 fully saturated rings. The van der Waals surface area contributed by atoms with Crippen LogP contribution in [0.4, 0.5) is 0 Å². The minimum Gasteiger partial charge on any atom is -0.346 e. The molecule has 0 spiro atoms. The van der Waals surface area contributed by atoms with Crippen molar-refractivity contribution >= 4 is 10.9 Å². The van der Waals surface area contributed by atoms with Gasteiger partial charge in [0.15, 0.2) is 0 Å². The van der Waals surface area contributed by atoms with E-state index in [1.807, 2.05) is 0 Å². The zero-order valence-corrected chi connectivity index (χ0v) is 14.4. The van der Waals surface area contributed by atoms with Gasteiger partial charge in [-0.25, -0.2) is 0 Å². The summed E-state index contributed by atoms with van der Waals surface area (Å²) in [6.45, 7) is 2.34. The molecule has 1 heteroatoms. The van der Waals surface area contributed by atoms with E-state index in [1.54, 1.807) is 0 Å². The predicted octanol–water partition coefficient (Wildman–Crippen LogP) is 5.55. The molecule has 0 radical (unpaired) electrons. The average Bonchev–Trinajstić information content (AvgIpc) is 3.43. The summed E-state index contributed by atoms with van der Waals surface area (Å²) in [7, 11) is 2.26. The van der Waals surface area contributed by atoms with Gasteiger partial charge in [0.1, 0.15) is 0 Å². The normalized spacial score (nSPS) is 25.8. The topological polar surface area (TPSA) is 4.93 Å². The SMILES string of the molecule is CC1C=CC(c2ccccc2)(C2CC2)c2c1c1ccccc1n2C. The maximum Gasteiger partial charge on any atom is 0.0566 e. The second-order valence-electron chi connectivity index (χ2n) is 7.50. The van der Waals surface area contributed by atoms with Gasteiger partial charge in [-0.3, -0.25) is 0 Å². The first kappa shape index (κ1) is 14.1. The van der Waals surface area contributed by atoms with Crippen LogP contribution in [-0.2, 0) is 12.5 Å². The molecule has 0 saturated heterocycles. The van der Waals surface area contributed by atoms with Gasteiger partial charge in [-0.15, -0.1) is 0 Å². The van der Waals surface area contributed by atoms with E-state index < -0.39 is 0 Å². The first-order chi connectivity index (χ1) is 11.7. The summed E-state index contributed by atoms with van der Waals surface area (Å²) in [6.07, 6.45) is 7.62. The van der Waals surface area contributed by atoms with Gasteiger partial charge in [0.2, 0.25) is 0 Å². The number of aromatic nitrogens is 1. The monoisotopic (exact) mass is 313 g/mol. The van der Waals surface area contributed by atoms with Crippen molar-refractivity contribution in [1.82, 2.24) is 4.57 Å². The number of benzene rings is 2. The molecule has 1 aromatic heterocycles. The molecule has 0 bridgehead atoms. The molecule has 2 unspecified atom stereocenters. The number of rotatable bonds is 2. The van der Waals surface area contributed by atoms with Gasteiger partial charge in [-0.2, -0.15) is 0 Å². The minimum atomic E-state index is 0.0386. The highest BCUT2D eigenvalue weighted by Crippen LogP contribution is 2.57. The van der Waals surface area contributed by atoms with Gasteiger partial charge in [0.05, 0.1) is 5.41 Å². The zero-order chi connectivity index (χ0) is 16.3. The quantitative estimate of drug-likeness (QED) is 0.547. The van der Waals surface area contributed by atoms with E-state index in [4.69, 9.17) is 0 Å². The molecule has 5 rings (SSSR count). The van der Waals surface area contributed by atoms with Crippen molar-refractivity contribution in [3.05, 3.63) is 83.6 Å². The van der Waals surface area contributed by atoms with Crippen molar-refractivity contribution < 1.29 is 0 Å². The lowest BCUT2D eigenvalue weighted by Crippen LogP contribution is -2.34. The van der Waals surface area contributed by atoms with E-state index in [9.17, 15) is 0 Å². The number of aryl methyl sites for hydroxylation is 1. The van der Waals surface area contributed by atoms with Crippen molar-refractivity contribution in [3.8, 4) is 0 Å². The van der Waals surface area contributed by atoms with E-state index in [1.165, 1.54) is 40.6 Å². The molecular weight excluding hydrogens is 290 g/mol. The molecule has 2 aliphatic carbocycles. The van der Waals surface area contributed by atoms with Crippen LogP contribution >= 0.6 is 0 Å². The highest BCUT2D eigenvalue weighted by Gasteiger charge is 2.50. The summed E-state index contributed by atoms with van der Waals surface area (Å²) in [5, 5.41) is 1.42. The number of fused-ring (bicyclic) bond motifs is 3. The van der Waals surface area contributed by atoms with Crippen LogP contribution in [0.3, 0.4) is 0 Å². The fourth-order valence-electron chi connectivity index (χ4n) is 4.91. The molecule has 0 N–H and O–H groups in total. The lowest BCUT2D eigenvalue weighted by molar-refractivity contribution is 0.504. The van der Waals surface area contributed by atoms with Gasteiger partial charge in [0.25, 0.3) is 0 Å². The summed E-state index contributed by atoms with van der Waals surface area (Å²) in [4.78, 5) is 0. The number of hydrogen-bond acceptors (Lipinski definition) is 0. The van der Waals surface area contributed by atoms with Gasteiger partial charge in [-0.1, -0.05) is 67.6 Å². The first-order valence-electron chi connectivity index (χ1n) is 9.06. The molecule has 3 aromatic rings. The van der Waals surface area contributed by atoms with Crippen molar-refractivity contribution in [3.63, 3.8) is 0 Å². The summed E-state index contributed by atoms with van der Waals surface area (Å²) >= 11 is 0. The summed E-state index contributed by atoms with van der Waals surface area (Å²) in [6, 6.07) is 20.0. The average molecular weight is 313 g/mol. The van der Waals surface area contributed by atoms with Crippen molar-refractivity contribution in [1.29, 1.82) is 0 Å². The van der Waals surface area contributed by atoms with Crippen LogP contribution in [0, 0.1) is 5.92 Å². The number of para-hydroxylation sites is 1. The van der Waals surface area contributed by atoms with Crippen LogP contribution in [0.25, 0.3) is 10.9 Å². The third-order valence-corrected chi connectivity index (χ3v) is 6.11. The first-order valence-corrected chi connectivity index (χ1v) is 9.06. The molecule has 2 aromatic carbocycles. The molecule has 1 nitrogen and oxygen atoms in total. The Morgan fingerprint density at radius 3 is 2.42 bits per heavy atom. The van der Waals surface area contributed by atoms with E-state index in [0.29, 0.717) is 5.92 Å². The van der Waals surface area contributed by atoms with Gasteiger partial charge < -0.3 is 4.57 Å². The van der Waals surface area contributed by atoms with Gasteiger partial charge in [0, 0.05) is 29.6 Å². The maximum atomic E-state index is 2.52. The lowest BCUT2D eigenvalue weighted by Gasteiger charge is -2.38. The molecular formula is C23H23N. The minimum absolute atomic E-state index is 0.0386. The van der Waals surface area contributed by atoms with Crippen molar-refractivity contribution in [2.75, 3.05) is 0 Å². The smallest absolute Gasteiger partial charge is 0.0566 e. The number of hydrogen-bond donors (Lipinski definition) is 0. The Morgan fingerprint density at radius 1 is 0.958 bits per heavy atom. The van der Waals surface area contributed by atoms with Crippen LogP contribution in [-0.4, -0.2) is 4.57 Å². The molecule has 2 aliphatic rings. The Hall–Kier alpha value is -2.28. The zero-order valence-electron chi connectivity index (χ0n) is 14.4. The van der Waals surface area contributed by atoms with E-state index in [2.05, 4.69) is 85.3 Å². The Balaban J connectivity index is 1.91. The van der Waals surface area contributed by atoms with Crippen LogP contribution in [0.5, 0.6) is 0 Å². The van der Waals surface area contributed by atoms with Crippen LogP contribution in [0.2, 0.25) is 0 Å². The lowest BCUT2D eigenvalue weighted by atomic mass is 9.67. The molecule has 1 saturated carbocycles. The van der Waals surface area contributed by atoms with Gasteiger partial charge in [-0.05, 0) is 36.0 Å². The molecule has 24 heavy (non-hydrogen) atoms. The highest BCUT2D eigenvalue weighted by atomic mass is 15.0. The third kappa shape index (κ3) is 1.70. The highest BCUT2D eigenvalue weighted by molar-refractivity contribution is 5.88. The van der Waals surface area contributed by atoms with Crippen LogP contribution < -0.4 is 0 Å². The molecule has 120 valence electrons. The molecule has 0 aliphatic heterocycles. The second kappa shape index (κ2) is 4.86. The van der Waals surface area contributed by atoms with Crippen molar-refractivity contribution in [2.45, 2.75) is 31.1 Å². The van der Waals surface area contributed by atoms with E-state index in [0.717, 1.165) is 5.92 Å². The fraction of sp³-hybridized carbons (Fsp3) is 0.304. The largest absolute Gasteiger partial charge is 0.346 e. The maximum absolute atomic E-state index is 2.52.